The van der Waals surface area contributed by atoms with Crippen LogP contribution in [0, 0.1) is 11.3 Å². The molecule has 0 radical (unpaired) electrons. The number of nitrogens with two attached hydrogens (primary N) is 1. The highest BCUT2D eigenvalue weighted by Gasteiger charge is 2.46. The average molecular weight is 250 g/mol. The van der Waals surface area contributed by atoms with Gasteiger partial charge in [-0.15, -0.1) is 0 Å². The molecule has 1 saturated heterocycles. The first kappa shape index (κ1) is 13.1. The van der Waals surface area contributed by atoms with E-state index in [1.807, 2.05) is 4.90 Å². The molecule has 1 unspecified atom stereocenters. The molecule has 100 valence electrons. The van der Waals surface area contributed by atoms with Gasteiger partial charge in [-0.2, -0.15) is 13.2 Å². The minimum atomic E-state index is -4.02. The van der Waals surface area contributed by atoms with Crippen LogP contribution in [0.1, 0.15) is 32.1 Å². The van der Waals surface area contributed by atoms with Gasteiger partial charge in [-0.3, -0.25) is 0 Å². The fourth-order valence-corrected chi connectivity index (χ4v) is 2.91. The third-order valence-electron chi connectivity index (χ3n) is 4.16. The predicted octanol–water partition coefficient (Wildman–Crippen LogP) is 2.39. The number of rotatable bonds is 4. The Morgan fingerprint density at radius 2 is 2.00 bits per heavy atom. The molecular weight excluding hydrogens is 229 g/mol. The molecule has 0 amide bonds. The van der Waals surface area contributed by atoms with Crippen LogP contribution in [0.3, 0.4) is 0 Å². The van der Waals surface area contributed by atoms with Crippen LogP contribution in [0.4, 0.5) is 13.2 Å². The summed E-state index contributed by atoms with van der Waals surface area (Å²) in [6.45, 7) is 2.47. The first-order valence-electron chi connectivity index (χ1n) is 6.44. The van der Waals surface area contributed by atoms with Gasteiger partial charge in [0.05, 0.1) is 5.92 Å². The van der Waals surface area contributed by atoms with Crippen molar-refractivity contribution < 1.29 is 13.2 Å². The molecule has 1 aliphatic heterocycles. The Hall–Kier alpha value is -0.290. The monoisotopic (exact) mass is 250 g/mol. The molecule has 17 heavy (non-hydrogen) atoms. The molecule has 5 heteroatoms. The first-order valence-corrected chi connectivity index (χ1v) is 6.44. The highest BCUT2D eigenvalue weighted by Crippen LogP contribution is 2.49. The highest BCUT2D eigenvalue weighted by molar-refractivity contribution is 4.96. The van der Waals surface area contributed by atoms with E-state index in [1.165, 1.54) is 0 Å². The van der Waals surface area contributed by atoms with Gasteiger partial charge in [-0.1, -0.05) is 0 Å². The Labute approximate surface area is 100 Å². The molecule has 1 atom stereocenters. The summed E-state index contributed by atoms with van der Waals surface area (Å²) in [6, 6.07) is 0. The molecule has 2 N–H and O–H groups in total. The van der Waals surface area contributed by atoms with Crippen LogP contribution in [-0.2, 0) is 0 Å². The first-order chi connectivity index (χ1) is 7.95. The van der Waals surface area contributed by atoms with E-state index in [0.29, 0.717) is 19.4 Å². The van der Waals surface area contributed by atoms with Crippen molar-refractivity contribution in [3.63, 3.8) is 0 Å². The van der Waals surface area contributed by atoms with Gasteiger partial charge in [0.25, 0.3) is 0 Å². The van der Waals surface area contributed by atoms with E-state index in [-0.39, 0.29) is 12.0 Å². The van der Waals surface area contributed by atoms with Crippen LogP contribution >= 0.6 is 0 Å². The summed E-state index contributed by atoms with van der Waals surface area (Å²) in [7, 11) is 0. The maximum Gasteiger partial charge on any atom is 0.393 e. The van der Waals surface area contributed by atoms with Crippen LogP contribution in [0.2, 0.25) is 0 Å². The molecule has 1 saturated carbocycles. The summed E-state index contributed by atoms with van der Waals surface area (Å²) < 4.78 is 38.0. The van der Waals surface area contributed by atoms with Gasteiger partial charge in [0, 0.05) is 13.1 Å². The SMILES string of the molecule is NCCC1(CN2CCCC(C(F)(F)F)C2)CC1. The summed E-state index contributed by atoms with van der Waals surface area (Å²) in [5, 5.41) is 0. The zero-order valence-electron chi connectivity index (χ0n) is 10.1. The molecule has 0 spiro atoms. The molecule has 1 aliphatic carbocycles. The molecule has 2 rings (SSSR count). The van der Waals surface area contributed by atoms with Gasteiger partial charge >= 0.3 is 6.18 Å². The normalized spacial score (nSPS) is 29.3. The lowest BCUT2D eigenvalue weighted by Gasteiger charge is -2.35. The minimum Gasteiger partial charge on any atom is -0.330 e. The third-order valence-corrected chi connectivity index (χ3v) is 4.16. The van der Waals surface area contributed by atoms with E-state index in [1.54, 1.807) is 0 Å². The summed E-state index contributed by atoms with van der Waals surface area (Å²) in [5.41, 5.74) is 5.81. The maximum atomic E-state index is 12.7. The summed E-state index contributed by atoms with van der Waals surface area (Å²) in [6.07, 6.45) is 0.172. The minimum absolute atomic E-state index is 0.190. The zero-order chi connectivity index (χ0) is 12.5. The topological polar surface area (TPSA) is 29.3 Å². The molecule has 0 aromatic rings. The molecule has 2 fully saturated rings. The number of nitrogens with zero attached hydrogens (tertiary/aromatic N) is 1. The van der Waals surface area contributed by atoms with Gasteiger partial charge in [0.15, 0.2) is 0 Å². The van der Waals surface area contributed by atoms with E-state index in [9.17, 15) is 13.2 Å². The number of hydrogen-bond donors (Lipinski definition) is 1. The van der Waals surface area contributed by atoms with Crippen molar-refractivity contribution >= 4 is 0 Å². The average Bonchev–Trinajstić information content (AvgIpc) is 2.97. The van der Waals surface area contributed by atoms with E-state index < -0.39 is 12.1 Å². The third kappa shape index (κ3) is 3.35. The highest BCUT2D eigenvalue weighted by atomic mass is 19.4. The van der Waals surface area contributed by atoms with E-state index >= 15 is 0 Å². The van der Waals surface area contributed by atoms with Crippen molar-refractivity contribution in [3.8, 4) is 0 Å². The van der Waals surface area contributed by atoms with Crippen LogP contribution in [-0.4, -0.2) is 37.3 Å². The van der Waals surface area contributed by atoms with Gasteiger partial charge in [-0.25, -0.2) is 0 Å². The Morgan fingerprint density at radius 1 is 1.29 bits per heavy atom. The number of hydrogen-bond acceptors (Lipinski definition) is 2. The fraction of sp³-hybridized carbons (Fsp3) is 1.00. The second-order valence-electron chi connectivity index (χ2n) is 5.65. The molecule has 2 nitrogen and oxygen atoms in total. The predicted molar refractivity (Wildman–Crippen MR) is 60.6 cm³/mol. The fourth-order valence-electron chi connectivity index (χ4n) is 2.91. The van der Waals surface area contributed by atoms with Crippen molar-refractivity contribution in [2.45, 2.75) is 38.3 Å². The summed E-state index contributed by atoms with van der Waals surface area (Å²) in [5.74, 6) is -1.12. The van der Waals surface area contributed by atoms with Crippen molar-refractivity contribution in [1.29, 1.82) is 0 Å². The molecule has 0 aromatic carbocycles. The van der Waals surface area contributed by atoms with Crippen molar-refractivity contribution in [2.75, 3.05) is 26.2 Å². The smallest absolute Gasteiger partial charge is 0.330 e. The lowest BCUT2D eigenvalue weighted by atomic mass is 9.94. The summed E-state index contributed by atoms with van der Waals surface area (Å²) in [4.78, 5) is 2.00. The Balaban J connectivity index is 1.86. The number of halogens is 3. The Bertz CT molecular complexity index is 261. The van der Waals surface area contributed by atoms with E-state index in [4.69, 9.17) is 5.73 Å². The van der Waals surface area contributed by atoms with Crippen LogP contribution in [0.15, 0.2) is 0 Å². The Kier molecular flexibility index (Phi) is 3.69. The van der Waals surface area contributed by atoms with Gasteiger partial charge in [0.1, 0.15) is 0 Å². The standard InChI is InChI=1S/C12H21F3N2/c13-12(14,15)10-2-1-7-17(8-10)9-11(3-4-11)5-6-16/h10H,1-9,16H2. The van der Waals surface area contributed by atoms with Crippen molar-refractivity contribution in [3.05, 3.63) is 0 Å². The lowest BCUT2D eigenvalue weighted by Crippen LogP contribution is -2.44. The quantitative estimate of drug-likeness (QED) is 0.830. The van der Waals surface area contributed by atoms with E-state index in [0.717, 1.165) is 32.4 Å². The van der Waals surface area contributed by atoms with E-state index in [2.05, 4.69) is 0 Å². The second kappa shape index (κ2) is 4.76. The van der Waals surface area contributed by atoms with Gasteiger partial charge < -0.3 is 10.6 Å². The Morgan fingerprint density at radius 3 is 2.53 bits per heavy atom. The molecule has 1 heterocycles. The summed E-state index contributed by atoms with van der Waals surface area (Å²) >= 11 is 0. The largest absolute Gasteiger partial charge is 0.393 e. The molecule has 2 aliphatic rings. The molecule has 0 bridgehead atoms. The molecule has 0 aromatic heterocycles. The van der Waals surface area contributed by atoms with Crippen molar-refractivity contribution in [1.82, 2.24) is 4.90 Å². The lowest BCUT2D eigenvalue weighted by molar-refractivity contribution is -0.187. The van der Waals surface area contributed by atoms with Crippen LogP contribution < -0.4 is 5.73 Å². The second-order valence-corrected chi connectivity index (χ2v) is 5.65. The van der Waals surface area contributed by atoms with Gasteiger partial charge in [-0.05, 0) is 50.6 Å². The zero-order valence-corrected chi connectivity index (χ0v) is 10.1. The number of alkyl halides is 3. The maximum absolute atomic E-state index is 12.7. The molecular formula is C12H21F3N2. The number of piperidine rings is 1. The van der Waals surface area contributed by atoms with Crippen LogP contribution in [0.5, 0.6) is 0 Å². The van der Waals surface area contributed by atoms with Gasteiger partial charge in [0.2, 0.25) is 0 Å². The van der Waals surface area contributed by atoms with Crippen molar-refractivity contribution in [2.24, 2.45) is 17.1 Å². The number of likely N-dealkylation sites (tertiary alicyclic amines) is 1. The van der Waals surface area contributed by atoms with Crippen LogP contribution in [0.25, 0.3) is 0 Å².